The number of phenolic OH excluding ortho intramolecular Hbond substituents is 1. The van der Waals surface area contributed by atoms with E-state index in [2.05, 4.69) is 5.32 Å². The van der Waals surface area contributed by atoms with Gasteiger partial charge < -0.3 is 20.1 Å². The van der Waals surface area contributed by atoms with Gasteiger partial charge in [0, 0.05) is 13.6 Å². The second kappa shape index (κ2) is 6.61. The van der Waals surface area contributed by atoms with Crippen LogP contribution in [0.25, 0.3) is 0 Å². The van der Waals surface area contributed by atoms with Crippen LogP contribution in [0.15, 0.2) is 18.2 Å². The van der Waals surface area contributed by atoms with Crippen LogP contribution in [-0.2, 0) is 0 Å². The van der Waals surface area contributed by atoms with Crippen molar-refractivity contribution in [2.24, 2.45) is 5.92 Å². The van der Waals surface area contributed by atoms with Gasteiger partial charge >= 0.3 is 0 Å². The Bertz CT molecular complexity index is 470. The zero-order valence-electron chi connectivity index (χ0n) is 12.1. The molecule has 0 saturated carbocycles. The number of carbonyl (C=O) groups is 1. The molecule has 0 bridgehead atoms. The van der Waals surface area contributed by atoms with Crippen LogP contribution in [0.1, 0.15) is 23.2 Å². The molecule has 1 aromatic carbocycles. The van der Waals surface area contributed by atoms with E-state index in [1.165, 1.54) is 6.07 Å². The van der Waals surface area contributed by atoms with Crippen molar-refractivity contribution in [3.63, 3.8) is 0 Å². The number of phenols is 1. The topological polar surface area (TPSA) is 61.8 Å². The average molecular weight is 278 g/mol. The van der Waals surface area contributed by atoms with Gasteiger partial charge in [0.25, 0.3) is 5.91 Å². The van der Waals surface area contributed by atoms with E-state index >= 15 is 0 Å². The maximum Gasteiger partial charge on any atom is 0.257 e. The van der Waals surface area contributed by atoms with E-state index in [1.54, 1.807) is 31.2 Å². The van der Waals surface area contributed by atoms with Crippen molar-refractivity contribution in [2.75, 3.05) is 33.8 Å². The van der Waals surface area contributed by atoms with Crippen molar-refractivity contribution in [1.29, 1.82) is 0 Å². The van der Waals surface area contributed by atoms with Gasteiger partial charge in [-0.1, -0.05) is 0 Å². The van der Waals surface area contributed by atoms with Crippen molar-refractivity contribution in [3.05, 3.63) is 23.8 Å². The van der Waals surface area contributed by atoms with E-state index < -0.39 is 0 Å². The van der Waals surface area contributed by atoms with Crippen LogP contribution in [0.2, 0.25) is 0 Å². The van der Waals surface area contributed by atoms with Gasteiger partial charge in [-0.2, -0.15) is 0 Å². The fourth-order valence-corrected chi connectivity index (χ4v) is 2.55. The summed E-state index contributed by atoms with van der Waals surface area (Å²) in [6.07, 6.45) is 2.17. The molecule has 2 N–H and O–H groups in total. The second-order valence-electron chi connectivity index (χ2n) is 5.26. The van der Waals surface area contributed by atoms with Gasteiger partial charge in [0.2, 0.25) is 0 Å². The predicted molar refractivity (Wildman–Crippen MR) is 77.2 cm³/mol. The highest BCUT2D eigenvalue weighted by Crippen LogP contribution is 2.24. The third-order valence-electron chi connectivity index (χ3n) is 3.77. The zero-order chi connectivity index (χ0) is 14.5. The molecule has 110 valence electrons. The number of amides is 1. The first kappa shape index (κ1) is 14.7. The number of hydrogen-bond acceptors (Lipinski definition) is 4. The molecule has 5 nitrogen and oxygen atoms in total. The third-order valence-corrected chi connectivity index (χ3v) is 3.77. The van der Waals surface area contributed by atoms with Crippen LogP contribution in [0.5, 0.6) is 11.5 Å². The Kier molecular flexibility index (Phi) is 4.84. The minimum absolute atomic E-state index is 0.00652. The molecule has 1 aliphatic heterocycles. The number of rotatable bonds is 4. The van der Waals surface area contributed by atoms with E-state index in [9.17, 15) is 9.90 Å². The van der Waals surface area contributed by atoms with Crippen LogP contribution in [0.4, 0.5) is 0 Å². The summed E-state index contributed by atoms with van der Waals surface area (Å²) in [5.74, 6) is 0.923. The number of methoxy groups -OCH3 is 1. The van der Waals surface area contributed by atoms with Gasteiger partial charge in [-0.3, -0.25) is 4.79 Å². The molecule has 20 heavy (non-hydrogen) atoms. The van der Waals surface area contributed by atoms with Crippen molar-refractivity contribution < 1.29 is 14.6 Å². The normalized spacial score (nSPS) is 15.9. The molecular formula is C15H22N2O3. The number of ether oxygens (including phenoxy) is 1. The van der Waals surface area contributed by atoms with Gasteiger partial charge in [0.1, 0.15) is 11.5 Å². The van der Waals surface area contributed by atoms with Crippen LogP contribution in [0.3, 0.4) is 0 Å². The number of nitrogens with zero attached hydrogens (tertiary/aromatic N) is 1. The Labute approximate surface area is 119 Å². The maximum absolute atomic E-state index is 12.4. The standard InChI is InChI=1S/C15H22N2O3/c1-17(10-11-5-7-16-8-6-11)15(19)13-9-12(20-2)3-4-14(13)18/h3-4,9,11,16,18H,5-8,10H2,1-2H3. The maximum atomic E-state index is 12.4. The number of hydrogen-bond donors (Lipinski definition) is 2. The first-order valence-electron chi connectivity index (χ1n) is 6.95. The summed E-state index contributed by atoms with van der Waals surface area (Å²) in [6.45, 7) is 2.74. The van der Waals surface area contributed by atoms with Gasteiger partial charge in [-0.25, -0.2) is 0 Å². The molecule has 0 spiro atoms. The second-order valence-corrected chi connectivity index (χ2v) is 5.26. The molecule has 0 atom stereocenters. The van der Waals surface area contributed by atoms with E-state index in [0.29, 0.717) is 17.2 Å². The van der Waals surface area contributed by atoms with Crippen LogP contribution in [-0.4, -0.2) is 49.7 Å². The summed E-state index contributed by atoms with van der Waals surface area (Å²) in [6, 6.07) is 4.71. The fraction of sp³-hybridized carbons (Fsp3) is 0.533. The monoisotopic (exact) mass is 278 g/mol. The van der Waals surface area contributed by atoms with E-state index in [0.717, 1.165) is 32.5 Å². The largest absolute Gasteiger partial charge is 0.507 e. The molecule has 5 heteroatoms. The van der Waals surface area contributed by atoms with Crippen molar-refractivity contribution in [2.45, 2.75) is 12.8 Å². The summed E-state index contributed by atoms with van der Waals surface area (Å²) in [4.78, 5) is 14.1. The minimum Gasteiger partial charge on any atom is -0.507 e. The smallest absolute Gasteiger partial charge is 0.257 e. The molecular weight excluding hydrogens is 256 g/mol. The lowest BCUT2D eigenvalue weighted by atomic mass is 9.97. The van der Waals surface area contributed by atoms with E-state index in [1.807, 2.05) is 0 Å². The first-order chi connectivity index (χ1) is 9.61. The molecule has 1 aliphatic rings. The highest BCUT2D eigenvalue weighted by Gasteiger charge is 2.21. The molecule has 1 saturated heterocycles. The van der Waals surface area contributed by atoms with Crippen LogP contribution >= 0.6 is 0 Å². The molecule has 1 amide bonds. The molecule has 1 heterocycles. The Hall–Kier alpha value is -1.75. The summed E-state index contributed by atoms with van der Waals surface area (Å²) in [5.41, 5.74) is 0.292. The summed E-state index contributed by atoms with van der Waals surface area (Å²) in [5, 5.41) is 13.2. The zero-order valence-corrected chi connectivity index (χ0v) is 12.1. The summed E-state index contributed by atoms with van der Waals surface area (Å²) in [7, 11) is 3.32. The molecule has 0 aromatic heterocycles. The first-order valence-corrected chi connectivity index (χ1v) is 6.95. The number of benzene rings is 1. The molecule has 0 unspecified atom stereocenters. The highest BCUT2D eigenvalue weighted by molar-refractivity contribution is 5.97. The number of piperidine rings is 1. The lowest BCUT2D eigenvalue weighted by molar-refractivity contribution is 0.0759. The van der Waals surface area contributed by atoms with Crippen molar-refractivity contribution in [1.82, 2.24) is 10.2 Å². The lowest BCUT2D eigenvalue weighted by Crippen LogP contribution is -2.37. The van der Waals surface area contributed by atoms with Gasteiger partial charge in [-0.05, 0) is 50.0 Å². The fourth-order valence-electron chi connectivity index (χ4n) is 2.55. The van der Waals surface area contributed by atoms with Crippen LogP contribution < -0.4 is 10.1 Å². The molecule has 1 fully saturated rings. The van der Waals surface area contributed by atoms with E-state index in [4.69, 9.17) is 4.74 Å². The molecule has 1 aromatic rings. The molecule has 0 radical (unpaired) electrons. The van der Waals surface area contributed by atoms with Gasteiger partial charge in [-0.15, -0.1) is 0 Å². The van der Waals surface area contributed by atoms with Crippen molar-refractivity contribution >= 4 is 5.91 Å². The Balaban J connectivity index is 2.05. The highest BCUT2D eigenvalue weighted by atomic mass is 16.5. The minimum atomic E-state index is -0.167. The number of nitrogens with one attached hydrogen (secondary N) is 1. The quantitative estimate of drug-likeness (QED) is 0.875. The van der Waals surface area contributed by atoms with E-state index in [-0.39, 0.29) is 11.7 Å². The Morgan fingerprint density at radius 1 is 1.45 bits per heavy atom. The van der Waals surface area contributed by atoms with Crippen molar-refractivity contribution in [3.8, 4) is 11.5 Å². The predicted octanol–water partition coefficient (Wildman–Crippen LogP) is 1.47. The lowest BCUT2D eigenvalue weighted by Gasteiger charge is -2.27. The summed E-state index contributed by atoms with van der Waals surface area (Å²) < 4.78 is 5.10. The SMILES string of the molecule is COc1ccc(O)c(C(=O)N(C)CC2CCNCC2)c1. The Morgan fingerprint density at radius 3 is 2.80 bits per heavy atom. The molecule has 2 rings (SSSR count). The third kappa shape index (κ3) is 3.42. The summed E-state index contributed by atoms with van der Waals surface area (Å²) >= 11 is 0. The number of carbonyl (C=O) groups excluding carboxylic acids is 1. The molecule has 0 aliphatic carbocycles. The number of aromatic hydroxyl groups is 1. The average Bonchev–Trinajstić information content (AvgIpc) is 2.48. The van der Waals surface area contributed by atoms with Gasteiger partial charge in [0.05, 0.1) is 12.7 Å². The van der Waals surface area contributed by atoms with Gasteiger partial charge in [0.15, 0.2) is 0 Å². The van der Waals surface area contributed by atoms with Crippen LogP contribution in [0, 0.1) is 5.92 Å². The Morgan fingerprint density at radius 2 is 2.15 bits per heavy atom.